The lowest BCUT2D eigenvalue weighted by atomic mass is 9.89. The fourth-order valence-corrected chi connectivity index (χ4v) is 3.53. The minimum absolute atomic E-state index is 0.0111. The molecule has 3 rings (SSSR count). The second kappa shape index (κ2) is 7.77. The molecule has 1 aliphatic rings. The number of rotatable bonds is 5. The minimum atomic E-state index is -2.67. The number of hydroxylamine groups is 1. The molecule has 5 N–H and O–H groups in total. The Labute approximate surface area is 164 Å². The number of nitrogens with two attached hydrogens (primary N) is 1. The second-order valence-corrected chi connectivity index (χ2v) is 6.32. The van der Waals surface area contributed by atoms with Crippen LogP contribution in [0.5, 0.6) is 5.75 Å². The van der Waals surface area contributed by atoms with Crippen molar-refractivity contribution in [3.05, 3.63) is 64.7 Å². The van der Waals surface area contributed by atoms with Crippen molar-refractivity contribution in [2.75, 3.05) is 7.04 Å². The number of hydrogen-bond donors (Lipinski definition) is 4. The zero-order valence-electron chi connectivity index (χ0n) is 17.6. The summed E-state index contributed by atoms with van der Waals surface area (Å²) in [6.45, 7) is 0. The summed E-state index contributed by atoms with van der Waals surface area (Å²) in [5.74, 6) is -4.21. The van der Waals surface area contributed by atoms with Gasteiger partial charge >= 0.3 is 0 Å². The number of carbonyl (C=O) groups excluding carboxylic acids is 1. The van der Waals surface area contributed by atoms with Gasteiger partial charge in [-0.25, -0.2) is 8.78 Å². The summed E-state index contributed by atoms with van der Waals surface area (Å²) in [5, 5.41) is 16.9. The summed E-state index contributed by atoms with van der Waals surface area (Å²) < 4.78 is 56.4. The van der Waals surface area contributed by atoms with Crippen molar-refractivity contribution in [3.8, 4) is 16.9 Å². The maximum absolute atomic E-state index is 15.0. The third-order valence-electron chi connectivity index (χ3n) is 4.75. The topological polar surface area (TPSA) is 108 Å². The average molecular weight is 390 g/mol. The molecule has 8 heteroatoms. The van der Waals surface area contributed by atoms with E-state index in [-0.39, 0.29) is 40.9 Å². The predicted molar refractivity (Wildman–Crippen MR) is 99.2 cm³/mol. The van der Waals surface area contributed by atoms with Gasteiger partial charge in [0.05, 0.1) is 11.2 Å². The molecule has 0 spiro atoms. The number of nitrogens with one attached hydrogen (secondary N) is 2. The molecule has 2 aromatic carbocycles. The van der Waals surface area contributed by atoms with Gasteiger partial charge in [-0.3, -0.25) is 20.9 Å². The molecule has 146 valence electrons. The maximum atomic E-state index is 15.0. The van der Waals surface area contributed by atoms with E-state index in [1.807, 2.05) is 0 Å². The van der Waals surface area contributed by atoms with Crippen molar-refractivity contribution in [3.63, 3.8) is 0 Å². The van der Waals surface area contributed by atoms with Gasteiger partial charge in [-0.05, 0) is 48.2 Å². The minimum Gasteiger partial charge on any atom is -0.497 e. The number of benzene rings is 2. The van der Waals surface area contributed by atoms with Gasteiger partial charge in [0.2, 0.25) is 5.91 Å². The number of hydrogen-bond acceptors (Lipinski definition) is 4. The number of amides is 1. The first-order chi connectivity index (χ1) is 14.5. The molecule has 1 unspecified atom stereocenters. The Morgan fingerprint density at radius 2 is 2.04 bits per heavy atom. The molecule has 0 aliphatic heterocycles. The van der Waals surface area contributed by atoms with Crippen molar-refractivity contribution < 1.29 is 27.6 Å². The van der Waals surface area contributed by atoms with Gasteiger partial charge in [0.25, 0.3) is 0 Å². The first-order valence-corrected chi connectivity index (χ1v) is 8.32. The molecule has 6 nitrogen and oxygen atoms in total. The normalized spacial score (nSPS) is 18.2. The third kappa shape index (κ3) is 3.46. The summed E-state index contributed by atoms with van der Waals surface area (Å²) >= 11 is 0. The van der Waals surface area contributed by atoms with Gasteiger partial charge in [0.1, 0.15) is 23.2 Å². The number of carbonyl (C=O) groups is 1. The van der Waals surface area contributed by atoms with Crippen molar-refractivity contribution in [2.45, 2.75) is 18.8 Å². The van der Waals surface area contributed by atoms with Gasteiger partial charge < -0.3 is 10.5 Å². The van der Waals surface area contributed by atoms with Crippen LogP contribution >= 0.6 is 0 Å². The molecule has 2 aromatic rings. The van der Waals surface area contributed by atoms with E-state index in [1.54, 1.807) is 5.48 Å². The summed E-state index contributed by atoms with van der Waals surface area (Å²) in [5.41, 5.74) is 6.99. The fourth-order valence-electron chi connectivity index (χ4n) is 3.53. The van der Waals surface area contributed by atoms with Gasteiger partial charge in [-0.1, -0.05) is 12.1 Å². The van der Waals surface area contributed by atoms with E-state index in [4.69, 9.17) is 25.2 Å². The molecule has 0 bridgehead atoms. The highest BCUT2D eigenvalue weighted by Gasteiger charge is 2.35. The summed E-state index contributed by atoms with van der Waals surface area (Å²) in [6, 6.07) is 7.93. The summed E-state index contributed by atoms with van der Waals surface area (Å²) in [4.78, 5) is 11.7. The van der Waals surface area contributed by atoms with Gasteiger partial charge in [-0.2, -0.15) is 0 Å². The van der Waals surface area contributed by atoms with Gasteiger partial charge in [0.15, 0.2) is 0 Å². The zero-order chi connectivity index (χ0) is 22.9. The third-order valence-corrected chi connectivity index (χ3v) is 4.75. The van der Waals surface area contributed by atoms with Crippen LogP contribution in [0.4, 0.5) is 8.78 Å². The smallest absolute Gasteiger partial charge is 0.245 e. The highest BCUT2D eigenvalue weighted by atomic mass is 19.1. The first-order valence-electron chi connectivity index (χ1n) is 9.82. The Morgan fingerprint density at radius 3 is 2.64 bits per heavy atom. The second-order valence-electron chi connectivity index (χ2n) is 6.32. The molecule has 0 fully saturated rings. The average Bonchev–Trinajstić information content (AvgIpc) is 3.10. The Hall–Kier alpha value is -3.26. The van der Waals surface area contributed by atoms with Crippen molar-refractivity contribution in [2.24, 2.45) is 5.73 Å². The largest absolute Gasteiger partial charge is 0.497 e. The van der Waals surface area contributed by atoms with Crippen LogP contribution in [0.2, 0.25) is 0 Å². The van der Waals surface area contributed by atoms with Crippen LogP contribution in [0.15, 0.2) is 47.5 Å². The molecule has 0 aromatic heterocycles. The van der Waals surface area contributed by atoms with Crippen LogP contribution in [0, 0.1) is 17.0 Å². The lowest BCUT2D eigenvalue weighted by molar-refractivity contribution is -0.114. The monoisotopic (exact) mass is 390 g/mol. The van der Waals surface area contributed by atoms with Crippen LogP contribution in [0.25, 0.3) is 11.1 Å². The highest BCUT2D eigenvalue weighted by molar-refractivity contribution is 6.06. The summed E-state index contributed by atoms with van der Waals surface area (Å²) in [7, 11) is -2.67. The molecular formula is C20H19F2N3O3. The van der Waals surface area contributed by atoms with Gasteiger partial charge in [-0.15, -0.1) is 0 Å². The van der Waals surface area contributed by atoms with Crippen molar-refractivity contribution in [1.82, 2.24) is 5.48 Å². The fraction of sp³-hybridized carbons (Fsp3) is 0.200. The molecule has 28 heavy (non-hydrogen) atoms. The lowest BCUT2D eigenvalue weighted by Gasteiger charge is -2.18. The van der Waals surface area contributed by atoms with Crippen LogP contribution in [0.3, 0.4) is 0 Å². The van der Waals surface area contributed by atoms with E-state index in [0.29, 0.717) is 5.56 Å². The Morgan fingerprint density at radius 1 is 1.32 bits per heavy atom. The van der Waals surface area contributed by atoms with Crippen LogP contribution in [-0.4, -0.2) is 24.0 Å². The first kappa shape index (κ1) is 15.8. The maximum Gasteiger partial charge on any atom is 0.245 e. The Kier molecular flexibility index (Phi) is 4.38. The molecular weight excluding hydrogens is 368 g/mol. The van der Waals surface area contributed by atoms with E-state index in [0.717, 1.165) is 12.1 Å². The van der Waals surface area contributed by atoms with Crippen LogP contribution in [-0.2, 0) is 4.79 Å². The van der Waals surface area contributed by atoms with E-state index in [1.165, 1.54) is 24.3 Å². The predicted octanol–water partition coefficient (Wildman–Crippen LogP) is 3.26. The van der Waals surface area contributed by atoms with Crippen LogP contribution < -0.4 is 16.0 Å². The number of halogens is 2. The Balaban J connectivity index is 2.03. The van der Waals surface area contributed by atoms with E-state index in [2.05, 4.69) is 0 Å². The van der Waals surface area contributed by atoms with E-state index >= 15 is 8.78 Å². The van der Waals surface area contributed by atoms with Gasteiger partial charge in [0, 0.05) is 22.6 Å². The number of ether oxygens (including phenoxy) is 1. The number of amidine groups is 1. The highest BCUT2D eigenvalue weighted by Crippen LogP contribution is 2.42. The molecule has 1 amide bonds. The van der Waals surface area contributed by atoms with Crippen molar-refractivity contribution in [1.29, 1.82) is 5.41 Å². The molecule has 1 atom stereocenters. The molecule has 0 radical (unpaired) electrons. The number of primary amides is 1. The van der Waals surface area contributed by atoms with E-state index in [9.17, 15) is 4.79 Å². The Bertz CT molecular complexity index is 1060. The summed E-state index contributed by atoms with van der Waals surface area (Å²) in [6.07, 6.45) is 0.237. The quantitative estimate of drug-likeness (QED) is 0.357. The zero-order valence-corrected chi connectivity index (χ0v) is 14.6. The molecule has 0 heterocycles. The van der Waals surface area contributed by atoms with Crippen molar-refractivity contribution >= 4 is 11.7 Å². The molecule has 1 aliphatic carbocycles. The molecule has 0 saturated carbocycles. The number of methoxy groups -OCH3 is 1. The lowest BCUT2D eigenvalue weighted by Crippen LogP contribution is -2.26. The SMILES string of the molecule is [2H]C([2H])([2H])Oc1cccc(-c2cc(F)c(C3CCC(C(N)=O)=C3C(=N)NO)c(F)c2)c1. The van der Waals surface area contributed by atoms with Crippen LogP contribution in [0.1, 0.15) is 28.4 Å². The van der Waals surface area contributed by atoms with E-state index < -0.39 is 36.3 Å². The standard InChI is InChI=1S/C20H19F2N3O3/c1-28-12-4-2-3-10(7-12)11-8-15(21)18(16(22)9-11)13-5-6-14(20(24)26)17(13)19(23)25-27/h2-4,7-9,13,27H,5-6H2,1H3,(H2,23,25)(H2,24,26)/i1D3. The molecule has 0 saturated heterocycles.